The lowest BCUT2D eigenvalue weighted by Crippen LogP contribution is -2.31. The molecule has 36 heavy (non-hydrogen) atoms. The van der Waals surface area contributed by atoms with Crippen LogP contribution in [0.1, 0.15) is 67.0 Å². The van der Waals surface area contributed by atoms with Crippen molar-refractivity contribution in [2.75, 3.05) is 24.3 Å². The van der Waals surface area contributed by atoms with E-state index in [4.69, 9.17) is 16.3 Å². The third-order valence-corrected chi connectivity index (χ3v) is 7.29. The number of pyridine rings is 1. The number of nitrogen functional groups attached to an aromatic ring is 1. The van der Waals surface area contributed by atoms with Crippen LogP contribution < -0.4 is 21.3 Å². The fourth-order valence-electron chi connectivity index (χ4n) is 5.47. The molecule has 6 heteroatoms. The summed E-state index contributed by atoms with van der Waals surface area (Å²) in [6.45, 7) is 15.9. The lowest BCUT2D eigenvalue weighted by molar-refractivity contribution is 0.156. The molecule has 0 fully saturated rings. The van der Waals surface area contributed by atoms with Crippen LogP contribution in [-0.4, -0.2) is 29.6 Å². The van der Waals surface area contributed by atoms with Crippen LogP contribution in [0.3, 0.4) is 0 Å². The van der Waals surface area contributed by atoms with Crippen LogP contribution in [0.2, 0.25) is 0 Å². The Morgan fingerprint density at radius 3 is 2.61 bits per heavy atom. The molecule has 6 nitrogen and oxygen atoms in total. The maximum atomic E-state index is 6.54. The Labute approximate surface area is 216 Å². The number of hydrogen-bond acceptors (Lipinski definition) is 6. The van der Waals surface area contributed by atoms with Crippen molar-refractivity contribution in [3.63, 3.8) is 0 Å². The highest BCUT2D eigenvalue weighted by molar-refractivity contribution is 5.72. The summed E-state index contributed by atoms with van der Waals surface area (Å²) in [5, 5.41) is 1.59. The standard InChI is InChI=1S/C30H41N5O/c1-19-8-9-22(28(30(4,5)6)25-10-11-26(34(7)32)29(31)21(25)3)14-23(19)17-35-16-20(2)36-27-12-13-33-15-24(27)18-35/h8-15,20,28H,16-18,31-32H2,1-7H3. The van der Waals surface area contributed by atoms with E-state index in [1.807, 2.05) is 25.4 Å². The molecule has 0 aliphatic carbocycles. The van der Waals surface area contributed by atoms with Gasteiger partial charge in [0.25, 0.3) is 0 Å². The van der Waals surface area contributed by atoms with Crippen LogP contribution in [0.5, 0.6) is 5.75 Å². The van der Waals surface area contributed by atoms with E-state index in [9.17, 15) is 0 Å². The Bertz CT molecular complexity index is 1230. The molecule has 0 bridgehead atoms. The highest BCUT2D eigenvalue weighted by atomic mass is 16.5. The first kappa shape index (κ1) is 26.0. The van der Waals surface area contributed by atoms with Crippen LogP contribution in [0.4, 0.5) is 11.4 Å². The maximum Gasteiger partial charge on any atom is 0.127 e. The minimum Gasteiger partial charge on any atom is -0.489 e. The number of hydrogen-bond donors (Lipinski definition) is 2. The minimum absolute atomic E-state index is 0.00453. The molecule has 2 unspecified atom stereocenters. The summed E-state index contributed by atoms with van der Waals surface area (Å²) < 4.78 is 6.16. The number of benzene rings is 2. The topological polar surface area (TPSA) is 80.6 Å². The van der Waals surface area contributed by atoms with Gasteiger partial charge < -0.3 is 15.5 Å². The predicted molar refractivity (Wildman–Crippen MR) is 149 cm³/mol. The third-order valence-electron chi connectivity index (χ3n) is 7.29. The maximum absolute atomic E-state index is 6.54. The lowest BCUT2D eigenvalue weighted by atomic mass is 9.71. The molecule has 2 atom stereocenters. The van der Waals surface area contributed by atoms with Crippen LogP contribution in [0.25, 0.3) is 0 Å². The van der Waals surface area contributed by atoms with Gasteiger partial charge in [-0.25, -0.2) is 5.84 Å². The van der Waals surface area contributed by atoms with Crippen molar-refractivity contribution in [2.24, 2.45) is 11.3 Å². The van der Waals surface area contributed by atoms with Gasteiger partial charge in [0.2, 0.25) is 0 Å². The van der Waals surface area contributed by atoms with Gasteiger partial charge in [0.05, 0.1) is 11.4 Å². The van der Waals surface area contributed by atoms with Gasteiger partial charge in [0, 0.05) is 50.6 Å². The van der Waals surface area contributed by atoms with Crippen LogP contribution in [0.15, 0.2) is 48.8 Å². The molecule has 4 N–H and O–H groups in total. The molecule has 0 amide bonds. The molecular formula is C30H41N5O. The molecule has 1 aliphatic rings. The predicted octanol–water partition coefficient (Wildman–Crippen LogP) is 5.55. The molecule has 2 aromatic carbocycles. The Kier molecular flexibility index (Phi) is 7.30. The number of fused-ring (bicyclic) bond motifs is 1. The average Bonchev–Trinajstić information content (AvgIpc) is 2.95. The molecule has 1 aliphatic heterocycles. The molecule has 0 spiro atoms. The van der Waals surface area contributed by atoms with Gasteiger partial charge >= 0.3 is 0 Å². The second kappa shape index (κ2) is 10.1. The Morgan fingerprint density at radius 1 is 1.17 bits per heavy atom. The van der Waals surface area contributed by atoms with Crippen LogP contribution in [-0.2, 0) is 13.1 Å². The summed E-state index contributed by atoms with van der Waals surface area (Å²) in [4.78, 5) is 6.79. The quantitative estimate of drug-likeness (QED) is 0.279. The number of ether oxygens (including phenoxy) is 1. The molecule has 4 rings (SSSR count). The molecule has 0 radical (unpaired) electrons. The Hall–Kier alpha value is -3.09. The summed E-state index contributed by atoms with van der Waals surface area (Å²) in [5.41, 5.74) is 15.5. The number of nitrogens with two attached hydrogens (primary N) is 2. The fraction of sp³-hybridized carbons (Fsp3) is 0.433. The first-order valence-corrected chi connectivity index (χ1v) is 12.7. The number of hydrazine groups is 1. The van der Waals surface area contributed by atoms with E-state index in [0.29, 0.717) is 0 Å². The highest BCUT2D eigenvalue weighted by Gasteiger charge is 2.31. The second-order valence-corrected chi connectivity index (χ2v) is 11.4. The summed E-state index contributed by atoms with van der Waals surface area (Å²) in [5.74, 6) is 7.15. The van der Waals surface area contributed by atoms with E-state index in [2.05, 4.69) is 75.7 Å². The van der Waals surface area contributed by atoms with Gasteiger partial charge in [-0.2, -0.15) is 0 Å². The van der Waals surface area contributed by atoms with Gasteiger partial charge in [-0.1, -0.05) is 45.0 Å². The van der Waals surface area contributed by atoms with Crippen molar-refractivity contribution in [3.05, 3.63) is 82.2 Å². The Balaban J connectivity index is 1.71. The van der Waals surface area contributed by atoms with Crippen LogP contribution >= 0.6 is 0 Å². The number of nitrogens with zero attached hydrogens (tertiary/aromatic N) is 3. The molecule has 192 valence electrons. The van der Waals surface area contributed by atoms with E-state index in [0.717, 1.165) is 47.9 Å². The van der Waals surface area contributed by atoms with Crippen molar-refractivity contribution in [1.29, 1.82) is 0 Å². The third kappa shape index (κ3) is 5.35. The van der Waals surface area contributed by atoms with Crippen molar-refractivity contribution in [3.8, 4) is 5.75 Å². The number of anilines is 2. The van der Waals surface area contributed by atoms with E-state index < -0.39 is 0 Å². The number of aromatic nitrogens is 1. The smallest absolute Gasteiger partial charge is 0.127 e. The molecular weight excluding hydrogens is 446 g/mol. The van der Waals surface area contributed by atoms with Gasteiger partial charge in [-0.15, -0.1) is 0 Å². The van der Waals surface area contributed by atoms with Gasteiger partial charge in [-0.05, 0) is 66.1 Å². The number of rotatable bonds is 5. The van der Waals surface area contributed by atoms with Gasteiger partial charge in [-0.3, -0.25) is 9.88 Å². The highest BCUT2D eigenvalue weighted by Crippen LogP contribution is 2.44. The van der Waals surface area contributed by atoms with Gasteiger partial charge in [0.15, 0.2) is 0 Å². The normalized spacial score (nSPS) is 17.2. The average molecular weight is 488 g/mol. The van der Waals surface area contributed by atoms with E-state index >= 15 is 0 Å². The largest absolute Gasteiger partial charge is 0.489 e. The zero-order valence-corrected chi connectivity index (χ0v) is 22.8. The first-order valence-electron chi connectivity index (χ1n) is 12.7. The second-order valence-electron chi connectivity index (χ2n) is 11.4. The van der Waals surface area contributed by atoms with Gasteiger partial charge in [0.1, 0.15) is 11.9 Å². The summed E-state index contributed by atoms with van der Waals surface area (Å²) in [6.07, 6.45) is 3.84. The van der Waals surface area contributed by atoms with Crippen molar-refractivity contribution in [1.82, 2.24) is 9.88 Å². The summed E-state index contributed by atoms with van der Waals surface area (Å²) in [7, 11) is 1.82. The SMILES string of the molecule is Cc1ccc(C(c2ccc(N(C)N)c(N)c2C)C(C)(C)C)cc1CN1Cc2cnccc2OC(C)C1. The molecule has 1 aromatic heterocycles. The zero-order valence-electron chi connectivity index (χ0n) is 22.8. The van der Waals surface area contributed by atoms with Crippen molar-refractivity contribution >= 4 is 11.4 Å². The van der Waals surface area contributed by atoms with E-state index in [1.165, 1.54) is 22.3 Å². The van der Waals surface area contributed by atoms with E-state index in [-0.39, 0.29) is 17.4 Å². The van der Waals surface area contributed by atoms with Crippen LogP contribution in [0, 0.1) is 19.3 Å². The Morgan fingerprint density at radius 2 is 1.92 bits per heavy atom. The molecule has 2 heterocycles. The summed E-state index contributed by atoms with van der Waals surface area (Å²) >= 11 is 0. The lowest BCUT2D eigenvalue weighted by Gasteiger charge is -2.34. The summed E-state index contributed by atoms with van der Waals surface area (Å²) in [6, 6.07) is 13.1. The zero-order chi connectivity index (χ0) is 26.2. The molecule has 0 saturated heterocycles. The number of aryl methyl sites for hydroxylation is 1. The monoisotopic (exact) mass is 487 g/mol. The first-order chi connectivity index (χ1) is 17.0. The fourth-order valence-corrected chi connectivity index (χ4v) is 5.47. The minimum atomic E-state index is -0.00453. The van der Waals surface area contributed by atoms with Crippen molar-refractivity contribution < 1.29 is 4.74 Å². The van der Waals surface area contributed by atoms with E-state index in [1.54, 1.807) is 11.2 Å². The molecule has 3 aromatic rings. The van der Waals surface area contributed by atoms with Crippen molar-refractivity contribution in [2.45, 2.75) is 66.7 Å². The molecule has 0 saturated carbocycles.